The van der Waals surface area contributed by atoms with Crippen LogP contribution < -0.4 is 10.2 Å². The number of allylic oxidation sites excluding steroid dienone is 3. The number of anilines is 1. The normalized spacial score (nSPS) is 17.8. The van der Waals surface area contributed by atoms with E-state index < -0.39 is 0 Å². The number of benzene rings is 2. The first-order valence-electron chi connectivity index (χ1n) is 12.2. The second-order valence-corrected chi connectivity index (χ2v) is 9.21. The van der Waals surface area contributed by atoms with Gasteiger partial charge in [0.1, 0.15) is 18.2 Å². The maximum Gasteiger partial charge on any atom is 0.407 e. The molecule has 3 aromatic rings. The highest BCUT2D eigenvalue weighted by Crippen LogP contribution is 2.33. The van der Waals surface area contributed by atoms with Gasteiger partial charge in [0.15, 0.2) is 5.82 Å². The van der Waals surface area contributed by atoms with Crippen LogP contribution >= 0.6 is 0 Å². The van der Waals surface area contributed by atoms with Crippen molar-refractivity contribution >= 4 is 22.8 Å². The summed E-state index contributed by atoms with van der Waals surface area (Å²) in [7, 11) is 0. The molecule has 0 radical (unpaired) electrons. The summed E-state index contributed by atoms with van der Waals surface area (Å²) >= 11 is 0. The number of fused-ring (bicyclic) bond motifs is 1. The minimum atomic E-state index is -0.384. The number of phenolic OH excluding ortho intramolecular Hbond substituents is 1. The first-order valence-corrected chi connectivity index (χ1v) is 12.2. The number of carbonyl (C=O) groups is 1. The summed E-state index contributed by atoms with van der Waals surface area (Å²) in [5.74, 6) is 1.45. The molecule has 2 N–H and O–H groups in total. The van der Waals surface area contributed by atoms with Crippen LogP contribution in [0.3, 0.4) is 0 Å². The Hall–Kier alpha value is -3.87. The van der Waals surface area contributed by atoms with Gasteiger partial charge in [0, 0.05) is 24.5 Å². The van der Waals surface area contributed by atoms with E-state index in [4.69, 9.17) is 14.7 Å². The number of aromatic hydroxyl groups is 1. The minimum Gasteiger partial charge on any atom is -0.507 e. The zero-order valence-electron chi connectivity index (χ0n) is 19.9. The van der Waals surface area contributed by atoms with E-state index in [2.05, 4.69) is 22.4 Å². The van der Waals surface area contributed by atoms with Gasteiger partial charge in [0.25, 0.3) is 0 Å². The van der Waals surface area contributed by atoms with E-state index in [0.717, 1.165) is 60.1 Å². The fourth-order valence-electron chi connectivity index (χ4n) is 4.67. The van der Waals surface area contributed by atoms with Crippen molar-refractivity contribution in [1.82, 2.24) is 15.3 Å². The molecule has 1 aliphatic heterocycles. The number of nitrogens with one attached hydrogen (secondary N) is 1. The predicted octanol–water partition coefficient (Wildman–Crippen LogP) is 5.28. The van der Waals surface area contributed by atoms with Crippen molar-refractivity contribution in [3.63, 3.8) is 0 Å². The molecule has 1 saturated heterocycles. The van der Waals surface area contributed by atoms with Crippen molar-refractivity contribution in [3.8, 4) is 17.1 Å². The molecule has 1 aliphatic carbocycles. The Kier molecular flexibility index (Phi) is 6.66. The molecule has 2 heterocycles. The Morgan fingerprint density at radius 2 is 2.11 bits per heavy atom. The van der Waals surface area contributed by atoms with Crippen molar-refractivity contribution in [2.24, 2.45) is 0 Å². The molecule has 180 valence electrons. The summed E-state index contributed by atoms with van der Waals surface area (Å²) in [4.78, 5) is 24.3. The van der Waals surface area contributed by atoms with Crippen LogP contribution in [0.15, 0.2) is 66.3 Å². The van der Waals surface area contributed by atoms with Gasteiger partial charge in [-0.25, -0.2) is 14.8 Å². The number of piperidine rings is 1. The lowest BCUT2D eigenvalue weighted by Crippen LogP contribution is -2.48. The molecule has 0 saturated carbocycles. The first-order chi connectivity index (χ1) is 17.1. The molecule has 7 heteroatoms. The van der Waals surface area contributed by atoms with Gasteiger partial charge in [-0.3, -0.25) is 0 Å². The summed E-state index contributed by atoms with van der Waals surface area (Å²) in [6.45, 7) is 3.81. The summed E-state index contributed by atoms with van der Waals surface area (Å²) in [5.41, 5.74) is 3.67. The van der Waals surface area contributed by atoms with Gasteiger partial charge < -0.3 is 20.1 Å². The maximum atomic E-state index is 12.5. The first kappa shape index (κ1) is 22.9. The molecule has 1 fully saturated rings. The summed E-state index contributed by atoms with van der Waals surface area (Å²) < 4.78 is 5.47. The molecule has 2 aromatic carbocycles. The van der Waals surface area contributed by atoms with Crippen molar-refractivity contribution in [2.75, 3.05) is 24.6 Å². The number of nitrogens with zero attached hydrogens (tertiary/aromatic N) is 3. The summed E-state index contributed by atoms with van der Waals surface area (Å²) in [6, 6.07) is 13.2. The van der Waals surface area contributed by atoms with Crippen molar-refractivity contribution < 1.29 is 14.6 Å². The Morgan fingerprint density at radius 1 is 1.23 bits per heavy atom. The van der Waals surface area contributed by atoms with Crippen LogP contribution in [0, 0.1) is 6.92 Å². The molecule has 1 atom stereocenters. The molecule has 2 aliphatic rings. The molecule has 0 unspecified atom stereocenters. The fraction of sp³-hybridized carbons (Fsp3) is 0.321. The SMILES string of the molecule is Cc1ccc2c(N3CCC[C@H](NC(=O)OCC4=CC=CCC4)C3)nc(-c3ccccc3O)nc2c1. The number of rotatable bonds is 5. The maximum absolute atomic E-state index is 12.5. The number of aryl methyl sites for hydroxylation is 1. The molecule has 1 amide bonds. The largest absolute Gasteiger partial charge is 0.507 e. The van der Waals surface area contributed by atoms with Gasteiger partial charge in [-0.15, -0.1) is 0 Å². The van der Waals surface area contributed by atoms with Crippen LogP contribution in [0.5, 0.6) is 5.75 Å². The second-order valence-electron chi connectivity index (χ2n) is 9.21. The summed E-state index contributed by atoms with van der Waals surface area (Å²) in [6.07, 6.45) is 9.48. The zero-order chi connectivity index (χ0) is 24.2. The van der Waals surface area contributed by atoms with Crippen LogP contribution in [0.2, 0.25) is 0 Å². The van der Waals surface area contributed by atoms with Crippen LogP contribution in [-0.2, 0) is 4.74 Å². The lowest BCUT2D eigenvalue weighted by Gasteiger charge is -2.34. The van der Waals surface area contributed by atoms with Gasteiger partial charge in [-0.05, 0) is 68.0 Å². The van der Waals surface area contributed by atoms with Gasteiger partial charge in [-0.2, -0.15) is 0 Å². The highest BCUT2D eigenvalue weighted by atomic mass is 16.5. The zero-order valence-corrected chi connectivity index (χ0v) is 19.9. The third-order valence-electron chi connectivity index (χ3n) is 6.51. The summed E-state index contributed by atoms with van der Waals surface area (Å²) in [5, 5.41) is 14.4. The number of hydrogen-bond acceptors (Lipinski definition) is 6. The number of para-hydroxylation sites is 1. The molecular formula is C28H30N4O3. The van der Waals surface area contributed by atoms with Crippen LogP contribution in [0.1, 0.15) is 31.2 Å². The van der Waals surface area contributed by atoms with E-state index >= 15 is 0 Å². The van der Waals surface area contributed by atoms with E-state index in [0.29, 0.717) is 24.5 Å². The fourth-order valence-corrected chi connectivity index (χ4v) is 4.67. The average Bonchev–Trinajstić information content (AvgIpc) is 2.88. The van der Waals surface area contributed by atoms with Gasteiger partial charge in [-0.1, -0.05) is 36.4 Å². The smallest absolute Gasteiger partial charge is 0.407 e. The average molecular weight is 471 g/mol. The lowest BCUT2D eigenvalue weighted by atomic mass is 10.0. The molecule has 35 heavy (non-hydrogen) atoms. The second kappa shape index (κ2) is 10.2. The van der Waals surface area contributed by atoms with Crippen molar-refractivity contribution in [2.45, 2.75) is 38.6 Å². The van der Waals surface area contributed by atoms with E-state index in [-0.39, 0.29) is 17.9 Å². The number of alkyl carbamates (subject to hydrolysis) is 1. The molecule has 0 spiro atoms. The minimum absolute atomic E-state index is 0.0412. The van der Waals surface area contributed by atoms with Crippen molar-refractivity contribution in [1.29, 1.82) is 0 Å². The lowest BCUT2D eigenvalue weighted by molar-refractivity contribution is 0.149. The number of amides is 1. The molecule has 0 bridgehead atoms. The number of hydrogen-bond donors (Lipinski definition) is 2. The number of ether oxygens (including phenoxy) is 1. The van der Waals surface area contributed by atoms with Gasteiger partial charge in [0.05, 0.1) is 11.1 Å². The standard InChI is InChI=1S/C28H30N4O3/c1-19-13-14-22-24(16-19)30-26(23-11-5-6-12-25(23)33)31-27(22)32-15-7-10-21(17-32)29-28(34)35-18-20-8-3-2-4-9-20/h2-3,5-6,8,11-14,16,21,33H,4,7,9-10,15,17-18H2,1H3,(H,29,34)/t21-/m0/s1. The van der Waals surface area contributed by atoms with Crippen LogP contribution in [-0.4, -0.2) is 46.9 Å². The predicted molar refractivity (Wildman–Crippen MR) is 138 cm³/mol. The van der Waals surface area contributed by atoms with Gasteiger partial charge >= 0.3 is 6.09 Å². The Bertz CT molecular complexity index is 1300. The molecular weight excluding hydrogens is 440 g/mol. The van der Waals surface area contributed by atoms with Crippen LogP contribution in [0.4, 0.5) is 10.6 Å². The Balaban J connectivity index is 1.37. The Morgan fingerprint density at radius 3 is 2.94 bits per heavy atom. The Labute approximate surface area is 205 Å². The van der Waals surface area contributed by atoms with E-state index in [1.807, 2.05) is 43.3 Å². The highest BCUT2D eigenvalue weighted by Gasteiger charge is 2.25. The quantitative estimate of drug-likeness (QED) is 0.527. The number of phenols is 1. The molecule has 1 aromatic heterocycles. The van der Waals surface area contributed by atoms with E-state index in [1.54, 1.807) is 12.1 Å². The number of carbonyl (C=O) groups excluding carboxylic acids is 1. The molecule has 7 nitrogen and oxygen atoms in total. The van der Waals surface area contributed by atoms with Gasteiger partial charge in [0.2, 0.25) is 0 Å². The van der Waals surface area contributed by atoms with E-state index in [1.165, 1.54) is 0 Å². The number of aromatic nitrogens is 2. The van der Waals surface area contributed by atoms with Crippen molar-refractivity contribution in [3.05, 3.63) is 71.8 Å². The highest BCUT2D eigenvalue weighted by molar-refractivity contribution is 5.92. The monoisotopic (exact) mass is 470 g/mol. The third kappa shape index (κ3) is 5.29. The topological polar surface area (TPSA) is 87.6 Å². The molecule has 5 rings (SSSR count). The van der Waals surface area contributed by atoms with Crippen LogP contribution in [0.25, 0.3) is 22.3 Å². The third-order valence-corrected chi connectivity index (χ3v) is 6.51. The van der Waals surface area contributed by atoms with E-state index in [9.17, 15) is 9.90 Å².